The molecule has 5 heteroatoms. The van der Waals surface area contributed by atoms with Crippen LogP contribution in [0.5, 0.6) is 0 Å². The van der Waals surface area contributed by atoms with E-state index in [0.717, 1.165) is 0 Å². The standard InChI is InChI=1S/2N.2H2O.Pt/h;;2*1H2;/q;;;;+2/p-2. The Balaban J connectivity index is 0. The molecule has 0 aromatic carbocycles. The zero-order chi connectivity index (χ0) is 0. The van der Waals surface area contributed by atoms with Crippen LogP contribution in [0.15, 0.2) is 0 Å². The maximum Gasteiger partial charge on any atom is 2.00 e. The Morgan fingerprint density at radius 1 is 0.600 bits per heavy atom. The number of nitrogens with zero attached hydrogens (tertiary/aromatic N) is 2. The van der Waals surface area contributed by atoms with E-state index >= 15 is 0 Å². The molecule has 6 radical (unpaired) electrons. The summed E-state index contributed by atoms with van der Waals surface area (Å²) in [5.74, 6) is 0. The molecular formula is H2N2O2Pt. The maximum absolute atomic E-state index is 0. The molecule has 5 heavy (non-hydrogen) atoms. The first kappa shape index (κ1) is 406. The van der Waals surface area contributed by atoms with E-state index in [0.29, 0.717) is 0 Å². The largest absolute Gasteiger partial charge is 2.00 e. The van der Waals surface area contributed by atoms with Crippen LogP contribution in [0.4, 0.5) is 0 Å². The van der Waals surface area contributed by atoms with Crippen molar-refractivity contribution in [2.75, 3.05) is 0 Å². The van der Waals surface area contributed by atoms with Crippen molar-refractivity contribution in [1.82, 2.24) is 12.3 Å². The van der Waals surface area contributed by atoms with Crippen LogP contribution in [0.2, 0.25) is 0 Å². The summed E-state index contributed by atoms with van der Waals surface area (Å²) in [4.78, 5) is 0. The average Bonchev–Trinajstić information content (AvgIpc) is 0. The van der Waals surface area contributed by atoms with Gasteiger partial charge in [-0.1, -0.05) is 0 Å². The molecular weight excluding hydrogens is 255 g/mol. The summed E-state index contributed by atoms with van der Waals surface area (Å²) >= 11 is 0. The molecule has 4 nitrogen and oxygen atoms in total. The van der Waals surface area contributed by atoms with Crippen molar-refractivity contribution in [2.24, 2.45) is 0 Å². The average molecular weight is 257 g/mol. The van der Waals surface area contributed by atoms with Crippen molar-refractivity contribution < 1.29 is 32.0 Å². The van der Waals surface area contributed by atoms with E-state index in [9.17, 15) is 0 Å². The van der Waals surface area contributed by atoms with Gasteiger partial charge in [0, 0.05) is 12.3 Å². The molecule has 2 N–H and O–H groups in total. The zero-order valence-electron chi connectivity index (χ0n) is 2.11. The van der Waals surface area contributed by atoms with Gasteiger partial charge in [0.2, 0.25) is 0 Å². The Bertz CT molecular complexity index is 7.61. The number of hydrogen-bond acceptors (Lipinski definition) is 2. The van der Waals surface area contributed by atoms with E-state index in [2.05, 4.69) is 0 Å². The molecule has 34 valence electrons. The molecule has 0 bridgehead atoms. The Labute approximate surface area is 45.0 Å². The second kappa shape index (κ2) is 202. The Morgan fingerprint density at radius 3 is 0.600 bits per heavy atom. The molecule has 0 atom stereocenters. The van der Waals surface area contributed by atoms with E-state index in [-0.39, 0.29) is 44.3 Å². The van der Waals surface area contributed by atoms with Gasteiger partial charge in [-0.2, -0.15) is 0 Å². The van der Waals surface area contributed by atoms with Crippen molar-refractivity contribution in [3.63, 3.8) is 0 Å². The molecule has 0 aliphatic rings. The quantitative estimate of drug-likeness (QED) is 0.534. The minimum atomic E-state index is 0. The van der Waals surface area contributed by atoms with Gasteiger partial charge >= 0.3 is 21.1 Å². The van der Waals surface area contributed by atoms with E-state index in [1.807, 2.05) is 0 Å². The summed E-state index contributed by atoms with van der Waals surface area (Å²) in [7, 11) is 0. The number of hydrogen-bond donors (Lipinski definition) is 0. The van der Waals surface area contributed by atoms with E-state index in [1.54, 1.807) is 0 Å². The smallest absolute Gasteiger partial charge is 0.870 e. The van der Waals surface area contributed by atoms with Crippen molar-refractivity contribution in [3.05, 3.63) is 0 Å². The zero-order valence-corrected chi connectivity index (χ0v) is 4.38. The molecule has 0 aliphatic heterocycles. The minimum Gasteiger partial charge on any atom is -0.870 e. The summed E-state index contributed by atoms with van der Waals surface area (Å²) in [6.07, 6.45) is 0. The molecule has 0 amide bonds. The van der Waals surface area contributed by atoms with E-state index < -0.39 is 0 Å². The summed E-state index contributed by atoms with van der Waals surface area (Å²) in [6, 6.07) is 0. The Morgan fingerprint density at radius 2 is 0.600 bits per heavy atom. The third-order valence-corrected chi connectivity index (χ3v) is 0. The van der Waals surface area contributed by atoms with Gasteiger partial charge in [0.1, 0.15) is 0 Å². The number of rotatable bonds is 0. The molecule has 0 aromatic heterocycles. The molecule has 0 aliphatic carbocycles. The van der Waals surface area contributed by atoms with Crippen LogP contribution in [0, 0.1) is 0 Å². The van der Waals surface area contributed by atoms with Crippen LogP contribution in [-0.4, -0.2) is 11.0 Å². The van der Waals surface area contributed by atoms with Crippen LogP contribution in [0.3, 0.4) is 0 Å². The van der Waals surface area contributed by atoms with Crippen molar-refractivity contribution >= 4 is 0 Å². The first-order chi connectivity index (χ1) is 0. The van der Waals surface area contributed by atoms with Gasteiger partial charge in [-0.05, 0) is 0 Å². The van der Waals surface area contributed by atoms with Gasteiger partial charge in [-0.25, -0.2) is 0 Å². The minimum absolute atomic E-state index is 0. The fraction of sp³-hybridized carbons (Fsp3) is 0. The summed E-state index contributed by atoms with van der Waals surface area (Å²) in [6.45, 7) is 0. The molecule has 0 aromatic rings. The van der Waals surface area contributed by atoms with Crippen molar-refractivity contribution in [3.8, 4) is 0 Å². The third-order valence-electron chi connectivity index (χ3n) is 0. The van der Waals surface area contributed by atoms with E-state index in [1.165, 1.54) is 0 Å². The molecule has 0 spiro atoms. The first-order valence-corrected chi connectivity index (χ1v) is 0. The Hall–Kier alpha value is 0.528. The maximum atomic E-state index is 0. The predicted octanol–water partition coefficient (Wildman–Crippen LogP) is -1.32. The monoisotopic (exact) mass is 257 g/mol. The van der Waals surface area contributed by atoms with Crippen molar-refractivity contribution in [2.45, 2.75) is 0 Å². The first-order valence-electron chi connectivity index (χ1n) is 0. The SMILES string of the molecule is [N].[N].[OH-].[OH-].[Pt+2]. The van der Waals surface area contributed by atoms with Crippen LogP contribution in [0.1, 0.15) is 0 Å². The summed E-state index contributed by atoms with van der Waals surface area (Å²) < 4.78 is 0. The molecule has 0 rings (SSSR count). The third kappa shape index (κ3) is 104. The van der Waals surface area contributed by atoms with Crippen LogP contribution >= 0.6 is 0 Å². The fourth-order valence-corrected chi connectivity index (χ4v) is 0. The summed E-state index contributed by atoms with van der Waals surface area (Å²) in [5.41, 5.74) is 0. The van der Waals surface area contributed by atoms with Crippen molar-refractivity contribution in [1.29, 1.82) is 0 Å². The second-order valence-electron chi connectivity index (χ2n) is 0. The molecule has 0 fully saturated rings. The predicted molar refractivity (Wildman–Crippen MR) is 8.14 cm³/mol. The topological polar surface area (TPSA) is 121 Å². The molecule has 0 unspecified atom stereocenters. The fourth-order valence-electron chi connectivity index (χ4n) is 0. The van der Waals surface area contributed by atoms with Gasteiger partial charge in [-0.3, -0.25) is 0 Å². The molecule has 0 saturated heterocycles. The van der Waals surface area contributed by atoms with E-state index in [4.69, 9.17) is 0 Å². The van der Waals surface area contributed by atoms with Crippen LogP contribution in [-0.2, 0) is 21.1 Å². The van der Waals surface area contributed by atoms with Crippen LogP contribution < -0.4 is 12.3 Å². The van der Waals surface area contributed by atoms with Gasteiger partial charge in [0.15, 0.2) is 0 Å². The molecule has 0 heterocycles. The van der Waals surface area contributed by atoms with Gasteiger partial charge in [0.25, 0.3) is 0 Å². The van der Waals surface area contributed by atoms with Gasteiger partial charge in [-0.15, -0.1) is 0 Å². The van der Waals surface area contributed by atoms with Gasteiger partial charge in [0.05, 0.1) is 0 Å². The Kier molecular flexibility index (Phi) is 16400. The summed E-state index contributed by atoms with van der Waals surface area (Å²) in [5, 5.41) is 0. The van der Waals surface area contributed by atoms with Gasteiger partial charge < -0.3 is 11.0 Å². The second-order valence-corrected chi connectivity index (χ2v) is 0. The normalized spacial score (nSPS) is 0. The molecule has 0 saturated carbocycles. The van der Waals surface area contributed by atoms with Crippen LogP contribution in [0.25, 0.3) is 0 Å².